The summed E-state index contributed by atoms with van der Waals surface area (Å²) in [6.07, 6.45) is 3.51. The van der Waals surface area contributed by atoms with Crippen LogP contribution in [0.4, 0.5) is 0 Å². The van der Waals surface area contributed by atoms with Gasteiger partial charge in [0.05, 0.1) is 16.3 Å². The Morgan fingerprint density at radius 1 is 1.24 bits per heavy atom. The van der Waals surface area contributed by atoms with Crippen molar-refractivity contribution in [1.82, 2.24) is 14.9 Å². The molecule has 9 heteroatoms. The van der Waals surface area contributed by atoms with Gasteiger partial charge in [-0.15, -0.1) is 10.2 Å². The van der Waals surface area contributed by atoms with Crippen LogP contribution in [0, 0.1) is 6.92 Å². The van der Waals surface area contributed by atoms with Crippen LogP contribution in [0.25, 0.3) is 0 Å². The molecule has 130 valence electrons. The Morgan fingerprint density at radius 2 is 2.00 bits per heavy atom. The van der Waals surface area contributed by atoms with Crippen molar-refractivity contribution in [2.75, 3.05) is 6.26 Å². The summed E-state index contributed by atoms with van der Waals surface area (Å²) in [4.78, 5) is 0. The van der Waals surface area contributed by atoms with Crippen molar-refractivity contribution < 1.29 is 9.15 Å². The van der Waals surface area contributed by atoms with E-state index in [1.807, 2.05) is 13.2 Å². The van der Waals surface area contributed by atoms with Crippen molar-refractivity contribution in [3.63, 3.8) is 0 Å². The lowest BCUT2D eigenvalue weighted by Crippen LogP contribution is -1.96. The lowest BCUT2D eigenvalue weighted by Gasteiger charge is -2.07. The molecule has 3 aromatic rings. The van der Waals surface area contributed by atoms with E-state index in [0.29, 0.717) is 38.3 Å². The molecule has 0 saturated heterocycles. The van der Waals surface area contributed by atoms with Crippen LogP contribution in [-0.4, -0.2) is 27.3 Å². The number of halogens is 2. The van der Waals surface area contributed by atoms with Crippen molar-refractivity contribution in [3.05, 3.63) is 57.7 Å². The number of benzene rings is 1. The molecule has 0 bridgehead atoms. The number of nitrogens with zero attached hydrogens (tertiary/aromatic N) is 4. The molecule has 2 aromatic heterocycles. The maximum absolute atomic E-state index is 6.07. The van der Waals surface area contributed by atoms with Gasteiger partial charge in [-0.3, -0.25) is 0 Å². The van der Waals surface area contributed by atoms with Crippen LogP contribution < -0.4 is 4.74 Å². The van der Waals surface area contributed by atoms with Gasteiger partial charge >= 0.3 is 0 Å². The topological polar surface area (TPSA) is 65.4 Å². The largest absolute Gasteiger partial charge is 0.483 e. The van der Waals surface area contributed by atoms with E-state index in [1.165, 1.54) is 11.8 Å². The van der Waals surface area contributed by atoms with Crippen molar-refractivity contribution in [2.24, 2.45) is 5.10 Å². The van der Waals surface area contributed by atoms with Gasteiger partial charge in [-0.1, -0.05) is 41.0 Å². The molecule has 0 amide bonds. The minimum Gasteiger partial charge on any atom is -0.483 e. The van der Waals surface area contributed by atoms with Gasteiger partial charge in [0.2, 0.25) is 5.16 Å². The number of aromatic nitrogens is 3. The average Bonchev–Trinajstić information content (AvgIpc) is 3.19. The zero-order valence-electron chi connectivity index (χ0n) is 13.4. The molecule has 0 aliphatic heterocycles. The Morgan fingerprint density at radius 3 is 2.72 bits per heavy atom. The van der Waals surface area contributed by atoms with Crippen LogP contribution in [0.3, 0.4) is 0 Å². The summed E-state index contributed by atoms with van der Waals surface area (Å²) < 4.78 is 13.0. The quantitative estimate of drug-likeness (QED) is 0.447. The highest BCUT2D eigenvalue weighted by Gasteiger charge is 2.09. The van der Waals surface area contributed by atoms with Crippen LogP contribution >= 0.6 is 35.0 Å². The highest BCUT2D eigenvalue weighted by molar-refractivity contribution is 7.98. The monoisotopic (exact) mass is 396 g/mol. The Bertz CT molecular complexity index is 887. The summed E-state index contributed by atoms with van der Waals surface area (Å²) in [5, 5.41) is 14.0. The Balaban J connectivity index is 1.68. The standard InChI is InChI=1S/C16H14Cl2N4O2S/c1-10-20-21-16(25-2)22(10)19-8-11-6-7-12(24-11)9-23-15-13(17)4-3-5-14(15)18/h3-8H,9H2,1-2H3/b19-8+. The minimum absolute atomic E-state index is 0.207. The van der Waals surface area contributed by atoms with Gasteiger partial charge in [0.15, 0.2) is 11.6 Å². The average molecular weight is 397 g/mol. The molecule has 0 unspecified atom stereocenters. The minimum atomic E-state index is 0.207. The number of hydrogen-bond acceptors (Lipinski definition) is 6. The second-order valence-electron chi connectivity index (χ2n) is 4.93. The van der Waals surface area contributed by atoms with Gasteiger partial charge in [0, 0.05) is 0 Å². The van der Waals surface area contributed by atoms with E-state index in [1.54, 1.807) is 41.2 Å². The summed E-state index contributed by atoms with van der Waals surface area (Å²) in [6, 6.07) is 8.80. The van der Waals surface area contributed by atoms with E-state index < -0.39 is 0 Å². The number of para-hydroxylation sites is 1. The van der Waals surface area contributed by atoms with Crippen LogP contribution in [-0.2, 0) is 6.61 Å². The SMILES string of the molecule is CSc1nnc(C)n1/N=C/c1ccc(COc2c(Cl)cccc2Cl)o1. The van der Waals surface area contributed by atoms with Crippen LogP contribution in [0.1, 0.15) is 17.3 Å². The Labute approximate surface area is 158 Å². The van der Waals surface area contributed by atoms with Crippen molar-refractivity contribution >= 4 is 41.2 Å². The van der Waals surface area contributed by atoms with Crippen LogP contribution in [0.2, 0.25) is 10.0 Å². The van der Waals surface area contributed by atoms with Crippen LogP contribution in [0.15, 0.2) is 45.0 Å². The van der Waals surface area contributed by atoms with E-state index >= 15 is 0 Å². The fraction of sp³-hybridized carbons (Fsp3) is 0.188. The molecule has 25 heavy (non-hydrogen) atoms. The van der Waals surface area contributed by atoms with E-state index in [2.05, 4.69) is 15.3 Å². The maximum atomic E-state index is 6.07. The lowest BCUT2D eigenvalue weighted by molar-refractivity contribution is 0.270. The Kier molecular flexibility index (Phi) is 5.67. The molecule has 0 aliphatic rings. The first-order chi connectivity index (χ1) is 12.1. The number of rotatable bonds is 6. The maximum Gasteiger partial charge on any atom is 0.211 e. The molecule has 0 saturated carbocycles. The van der Waals surface area contributed by atoms with Gasteiger partial charge in [0.25, 0.3) is 0 Å². The van der Waals surface area contributed by atoms with Crippen molar-refractivity contribution in [2.45, 2.75) is 18.7 Å². The smallest absolute Gasteiger partial charge is 0.211 e. The normalized spacial score (nSPS) is 11.4. The van der Waals surface area contributed by atoms with E-state index in [4.69, 9.17) is 32.4 Å². The van der Waals surface area contributed by atoms with Gasteiger partial charge in [-0.05, 0) is 37.4 Å². The number of aryl methyl sites for hydroxylation is 1. The molecule has 0 aliphatic carbocycles. The molecule has 0 radical (unpaired) electrons. The number of thioether (sulfide) groups is 1. The van der Waals surface area contributed by atoms with Gasteiger partial charge in [0.1, 0.15) is 18.1 Å². The number of furan rings is 1. The molecule has 0 atom stereocenters. The first-order valence-corrected chi connectivity index (χ1v) is 9.22. The molecular weight excluding hydrogens is 383 g/mol. The first kappa shape index (κ1) is 17.8. The fourth-order valence-electron chi connectivity index (χ4n) is 2.02. The summed E-state index contributed by atoms with van der Waals surface area (Å²) in [7, 11) is 0. The summed E-state index contributed by atoms with van der Waals surface area (Å²) in [5.41, 5.74) is 0. The van der Waals surface area contributed by atoms with Gasteiger partial charge < -0.3 is 9.15 Å². The molecule has 3 rings (SSSR count). The van der Waals surface area contributed by atoms with E-state index in [-0.39, 0.29) is 6.61 Å². The third kappa shape index (κ3) is 4.18. The second-order valence-corrected chi connectivity index (χ2v) is 6.52. The lowest BCUT2D eigenvalue weighted by atomic mass is 10.3. The molecule has 0 spiro atoms. The third-order valence-corrected chi connectivity index (χ3v) is 4.43. The van der Waals surface area contributed by atoms with E-state index in [9.17, 15) is 0 Å². The number of hydrogen-bond donors (Lipinski definition) is 0. The van der Waals surface area contributed by atoms with Gasteiger partial charge in [-0.2, -0.15) is 9.78 Å². The third-order valence-electron chi connectivity index (χ3n) is 3.21. The highest BCUT2D eigenvalue weighted by atomic mass is 35.5. The second kappa shape index (κ2) is 7.95. The fourth-order valence-corrected chi connectivity index (χ4v) is 3.00. The van der Waals surface area contributed by atoms with Crippen LogP contribution in [0.5, 0.6) is 5.75 Å². The zero-order chi connectivity index (χ0) is 17.8. The van der Waals surface area contributed by atoms with Crippen molar-refractivity contribution in [1.29, 1.82) is 0 Å². The molecule has 2 heterocycles. The van der Waals surface area contributed by atoms with Gasteiger partial charge in [-0.25, -0.2) is 0 Å². The Hall–Kier alpha value is -1.96. The predicted molar refractivity (Wildman–Crippen MR) is 99.0 cm³/mol. The summed E-state index contributed by atoms with van der Waals surface area (Å²) >= 11 is 13.6. The van der Waals surface area contributed by atoms with E-state index in [0.717, 1.165) is 0 Å². The molecule has 6 nitrogen and oxygen atoms in total. The summed E-state index contributed by atoms with van der Waals surface area (Å²) in [6.45, 7) is 2.04. The molecule has 0 fully saturated rings. The summed E-state index contributed by atoms with van der Waals surface area (Å²) in [5.74, 6) is 2.35. The highest BCUT2D eigenvalue weighted by Crippen LogP contribution is 2.33. The molecular formula is C16H14Cl2N4O2S. The number of ether oxygens (including phenoxy) is 1. The zero-order valence-corrected chi connectivity index (χ0v) is 15.8. The van der Waals surface area contributed by atoms with Crippen molar-refractivity contribution in [3.8, 4) is 5.75 Å². The molecule has 1 aromatic carbocycles. The predicted octanol–water partition coefficient (Wildman–Crippen LogP) is 4.67. The first-order valence-electron chi connectivity index (χ1n) is 7.24. The molecule has 0 N–H and O–H groups in total.